The van der Waals surface area contributed by atoms with Crippen LogP contribution in [-0.4, -0.2) is 15.0 Å². The third-order valence-corrected chi connectivity index (χ3v) is 3.53. The van der Waals surface area contributed by atoms with E-state index in [1.165, 1.54) is 0 Å². The van der Waals surface area contributed by atoms with Gasteiger partial charge in [0.25, 0.3) is 0 Å². The predicted molar refractivity (Wildman–Crippen MR) is 78.1 cm³/mol. The molecule has 6 heteroatoms. The van der Waals surface area contributed by atoms with Gasteiger partial charge in [0.1, 0.15) is 10.6 Å². The third-order valence-electron chi connectivity index (χ3n) is 2.73. The fourth-order valence-electron chi connectivity index (χ4n) is 1.88. The smallest absolute Gasteiger partial charge is 0.223 e. The summed E-state index contributed by atoms with van der Waals surface area (Å²) in [7, 11) is 0. The van der Waals surface area contributed by atoms with E-state index in [0.29, 0.717) is 6.54 Å². The summed E-state index contributed by atoms with van der Waals surface area (Å²) in [6.07, 6.45) is 0. The van der Waals surface area contributed by atoms with Gasteiger partial charge < -0.3 is 11.1 Å². The molecule has 0 saturated heterocycles. The number of nitrogens with one attached hydrogen (secondary N) is 1. The molecule has 0 aliphatic heterocycles. The van der Waals surface area contributed by atoms with Gasteiger partial charge in [-0.25, -0.2) is 4.98 Å². The van der Waals surface area contributed by atoms with Crippen molar-refractivity contribution >= 4 is 33.3 Å². The maximum Gasteiger partial charge on any atom is 0.223 e. The van der Waals surface area contributed by atoms with Crippen LogP contribution < -0.4 is 11.1 Å². The highest BCUT2D eigenvalue weighted by Gasteiger charge is 2.07. The van der Waals surface area contributed by atoms with Crippen molar-refractivity contribution in [3.63, 3.8) is 0 Å². The highest BCUT2D eigenvalue weighted by atomic mass is 32.1. The van der Waals surface area contributed by atoms with Crippen LogP contribution in [0.1, 0.15) is 11.4 Å². The zero-order valence-electron chi connectivity index (χ0n) is 10.4. The summed E-state index contributed by atoms with van der Waals surface area (Å²) in [5.74, 6) is 1.04. The molecule has 0 unspecified atom stereocenters. The number of hydrogen-bond acceptors (Lipinski definition) is 6. The van der Waals surface area contributed by atoms with Crippen LogP contribution in [0.3, 0.4) is 0 Å². The van der Waals surface area contributed by atoms with Crippen LogP contribution in [0.2, 0.25) is 0 Å². The maximum absolute atomic E-state index is 5.71. The zero-order chi connectivity index (χ0) is 13.2. The molecule has 0 bridgehead atoms. The molecule has 0 aliphatic carbocycles. The molecule has 5 nitrogen and oxygen atoms in total. The molecule has 0 aliphatic rings. The first-order valence-electron chi connectivity index (χ1n) is 5.89. The quantitative estimate of drug-likeness (QED) is 0.765. The number of nitrogens with two attached hydrogens (primary N) is 1. The minimum atomic E-state index is 0.287. The predicted octanol–water partition coefficient (Wildman–Crippen LogP) is 2.59. The second-order valence-electron chi connectivity index (χ2n) is 4.19. The Balaban J connectivity index is 1.87. The summed E-state index contributed by atoms with van der Waals surface area (Å²) in [5.41, 5.74) is 7.68. The first-order chi connectivity index (χ1) is 9.22. The van der Waals surface area contributed by atoms with Gasteiger partial charge in [-0.1, -0.05) is 6.07 Å². The molecule has 0 aromatic carbocycles. The first-order valence-corrected chi connectivity index (χ1v) is 6.77. The molecule has 0 amide bonds. The molecule has 0 saturated carbocycles. The fraction of sp³-hybridized carbons (Fsp3) is 0.154. The molecule has 3 rings (SSSR count). The van der Waals surface area contributed by atoms with E-state index >= 15 is 0 Å². The van der Waals surface area contributed by atoms with Crippen molar-refractivity contribution < 1.29 is 0 Å². The zero-order valence-corrected chi connectivity index (χ0v) is 11.2. The molecular weight excluding hydrogens is 258 g/mol. The second kappa shape index (κ2) is 4.81. The normalized spacial score (nSPS) is 10.8. The van der Waals surface area contributed by atoms with Crippen LogP contribution in [-0.2, 0) is 6.54 Å². The number of nitrogen functional groups attached to an aromatic ring is 1. The Kier molecular flexibility index (Phi) is 3.00. The summed E-state index contributed by atoms with van der Waals surface area (Å²) in [6, 6.07) is 7.94. The van der Waals surface area contributed by atoms with Crippen molar-refractivity contribution in [1.82, 2.24) is 15.0 Å². The van der Waals surface area contributed by atoms with Crippen molar-refractivity contribution in [2.24, 2.45) is 0 Å². The minimum absolute atomic E-state index is 0.287. The van der Waals surface area contributed by atoms with Gasteiger partial charge in [0.15, 0.2) is 0 Å². The topological polar surface area (TPSA) is 76.7 Å². The van der Waals surface area contributed by atoms with Gasteiger partial charge in [-0.15, -0.1) is 11.3 Å². The van der Waals surface area contributed by atoms with Crippen molar-refractivity contribution in [3.8, 4) is 0 Å². The second-order valence-corrected chi connectivity index (χ2v) is 5.09. The highest BCUT2D eigenvalue weighted by Crippen LogP contribution is 2.25. The van der Waals surface area contributed by atoms with Gasteiger partial charge in [0, 0.05) is 5.69 Å². The Hall–Kier alpha value is -2.21. The van der Waals surface area contributed by atoms with Crippen LogP contribution in [0.25, 0.3) is 10.2 Å². The van der Waals surface area contributed by atoms with Crippen LogP contribution >= 0.6 is 11.3 Å². The summed E-state index contributed by atoms with van der Waals surface area (Å²) < 4.78 is 0. The Morgan fingerprint density at radius 2 is 2.11 bits per heavy atom. The Morgan fingerprint density at radius 3 is 2.95 bits per heavy atom. The third kappa shape index (κ3) is 2.48. The van der Waals surface area contributed by atoms with Crippen molar-refractivity contribution in [2.45, 2.75) is 13.5 Å². The number of anilines is 2. The fourth-order valence-corrected chi connectivity index (χ4v) is 2.65. The van der Waals surface area contributed by atoms with Crippen LogP contribution in [0.5, 0.6) is 0 Å². The van der Waals surface area contributed by atoms with E-state index < -0.39 is 0 Å². The van der Waals surface area contributed by atoms with Crippen LogP contribution in [0.15, 0.2) is 29.6 Å². The van der Waals surface area contributed by atoms with E-state index in [1.807, 2.05) is 36.6 Å². The van der Waals surface area contributed by atoms with E-state index in [-0.39, 0.29) is 5.95 Å². The van der Waals surface area contributed by atoms with E-state index in [1.54, 1.807) is 11.3 Å². The van der Waals surface area contributed by atoms with Gasteiger partial charge in [0.2, 0.25) is 5.95 Å². The minimum Gasteiger partial charge on any atom is -0.368 e. The van der Waals surface area contributed by atoms with E-state index in [4.69, 9.17) is 5.73 Å². The number of fused-ring (bicyclic) bond motifs is 1. The number of thiophene rings is 1. The van der Waals surface area contributed by atoms with Crippen LogP contribution in [0.4, 0.5) is 11.8 Å². The molecule has 3 heterocycles. The molecule has 19 heavy (non-hydrogen) atoms. The maximum atomic E-state index is 5.71. The lowest BCUT2D eigenvalue weighted by atomic mass is 10.3. The lowest BCUT2D eigenvalue weighted by Crippen LogP contribution is -2.06. The Morgan fingerprint density at radius 1 is 1.21 bits per heavy atom. The standard InChI is InChI=1S/C13H13N5S/c1-8-3-2-4-9(16-8)7-15-11-10-5-6-19-12(10)18-13(14)17-11/h2-6H,7H2,1H3,(H3,14,15,17,18). The number of aryl methyl sites for hydroxylation is 1. The van der Waals surface area contributed by atoms with E-state index in [9.17, 15) is 0 Å². The van der Waals surface area contributed by atoms with Gasteiger partial charge in [-0.2, -0.15) is 4.98 Å². The summed E-state index contributed by atoms with van der Waals surface area (Å²) in [5, 5.41) is 6.24. The molecule has 0 fully saturated rings. The van der Waals surface area contributed by atoms with Crippen molar-refractivity contribution in [3.05, 3.63) is 41.0 Å². The summed E-state index contributed by atoms with van der Waals surface area (Å²) >= 11 is 1.55. The Bertz CT molecular complexity index is 722. The molecule has 96 valence electrons. The molecule has 0 spiro atoms. The van der Waals surface area contributed by atoms with Gasteiger partial charge >= 0.3 is 0 Å². The number of pyridine rings is 1. The van der Waals surface area contributed by atoms with E-state index in [2.05, 4.69) is 20.3 Å². The highest BCUT2D eigenvalue weighted by molar-refractivity contribution is 7.16. The van der Waals surface area contributed by atoms with E-state index in [0.717, 1.165) is 27.4 Å². The average molecular weight is 271 g/mol. The number of nitrogens with zero attached hydrogens (tertiary/aromatic N) is 3. The number of hydrogen-bond donors (Lipinski definition) is 2. The SMILES string of the molecule is Cc1cccc(CNc2nc(N)nc3sccc23)n1. The van der Waals surface area contributed by atoms with Crippen molar-refractivity contribution in [2.75, 3.05) is 11.1 Å². The lowest BCUT2D eigenvalue weighted by molar-refractivity contribution is 1.01. The van der Waals surface area contributed by atoms with Crippen LogP contribution in [0, 0.1) is 6.92 Å². The molecule has 3 N–H and O–H groups in total. The van der Waals surface area contributed by atoms with Gasteiger partial charge in [-0.05, 0) is 30.5 Å². The summed E-state index contributed by atoms with van der Waals surface area (Å²) in [6.45, 7) is 2.59. The molecular formula is C13H13N5S. The molecule has 3 aromatic rings. The monoisotopic (exact) mass is 271 g/mol. The lowest BCUT2D eigenvalue weighted by Gasteiger charge is -2.07. The van der Waals surface area contributed by atoms with Crippen molar-refractivity contribution in [1.29, 1.82) is 0 Å². The molecule has 0 radical (unpaired) electrons. The van der Waals surface area contributed by atoms with Gasteiger partial charge in [0.05, 0.1) is 17.6 Å². The van der Waals surface area contributed by atoms with Gasteiger partial charge in [-0.3, -0.25) is 4.98 Å². The number of rotatable bonds is 3. The molecule has 0 atom stereocenters. The summed E-state index contributed by atoms with van der Waals surface area (Å²) in [4.78, 5) is 13.8. The largest absolute Gasteiger partial charge is 0.368 e. The average Bonchev–Trinajstić information content (AvgIpc) is 2.84. The number of aromatic nitrogens is 3. The Labute approximate surface area is 114 Å². The molecule has 3 aromatic heterocycles. The first kappa shape index (κ1) is 11.9.